The van der Waals surface area contributed by atoms with Gasteiger partial charge in [-0.3, -0.25) is 9.59 Å². The Balaban J connectivity index is 1.94. The van der Waals surface area contributed by atoms with Crippen LogP contribution in [-0.4, -0.2) is 36.7 Å². The summed E-state index contributed by atoms with van der Waals surface area (Å²) in [5, 5.41) is 12.8. The van der Waals surface area contributed by atoms with Crippen LogP contribution in [0.2, 0.25) is 5.02 Å². The number of carbonyl (C=O) groups excluding carboxylic acids is 1. The Hall–Kier alpha value is -1.59. The second-order valence-electron chi connectivity index (χ2n) is 5.92. The third-order valence-corrected chi connectivity index (χ3v) is 4.63. The van der Waals surface area contributed by atoms with Crippen LogP contribution in [0, 0.1) is 11.8 Å². The lowest BCUT2D eigenvalue weighted by Gasteiger charge is -2.28. The van der Waals surface area contributed by atoms with Gasteiger partial charge in [0.05, 0.1) is 11.8 Å². The summed E-state index contributed by atoms with van der Waals surface area (Å²) >= 11 is 5.94. The molecule has 1 aliphatic heterocycles. The van der Waals surface area contributed by atoms with E-state index in [9.17, 15) is 14.7 Å². The molecule has 0 aliphatic carbocycles. The maximum atomic E-state index is 12.3. The molecule has 5 nitrogen and oxygen atoms in total. The third-order valence-electron chi connectivity index (χ3n) is 4.39. The average Bonchev–Trinajstić information content (AvgIpc) is 2.55. The molecular weight excluding hydrogens is 318 g/mol. The number of ether oxygens (including phenoxy) is 1. The smallest absolute Gasteiger partial charge is 0.308 e. The lowest BCUT2D eigenvalue weighted by atomic mass is 9.86. The first-order valence-corrected chi connectivity index (χ1v) is 8.20. The number of hydrogen-bond donors (Lipinski definition) is 2. The summed E-state index contributed by atoms with van der Waals surface area (Å²) in [5.41, 5.74) is 0.813. The lowest BCUT2D eigenvalue weighted by Crippen LogP contribution is -2.40. The number of carboxylic acid groups (broad SMARTS) is 1. The molecule has 2 rings (SSSR count). The zero-order valence-corrected chi connectivity index (χ0v) is 13.9. The number of hydrogen-bond acceptors (Lipinski definition) is 3. The van der Waals surface area contributed by atoms with Gasteiger partial charge in [0.25, 0.3) is 0 Å². The number of rotatable bonds is 6. The van der Waals surface area contributed by atoms with Crippen molar-refractivity contribution in [2.24, 2.45) is 11.8 Å². The topological polar surface area (TPSA) is 75.6 Å². The number of amides is 1. The summed E-state index contributed by atoms with van der Waals surface area (Å²) in [7, 11) is 0. The van der Waals surface area contributed by atoms with Crippen molar-refractivity contribution in [1.29, 1.82) is 0 Å². The summed E-state index contributed by atoms with van der Waals surface area (Å²) in [6.07, 6.45) is 1.44. The average molecular weight is 340 g/mol. The summed E-state index contributed by atoms with van der Waals surface area (Å²) in [5.74, 6) is -1.96. The van der Waals surface area contributed by atoms with Crippen molar-refractivity contribution in [1.82, 2.24) is 5.32 Å². The van der Waals surface area contributed by atoms with E-state index in [1.807, 2.05) is 6.07 Å². The lowest BCUT2D eigenvalue weighted by molar-refractivity contribution is -0.145. The molecule has 1 amide bonds. The zero-order valence-electron chi connectivity index (χ0n) is 13.1. The van der Waals surface area contributed by atoms with Crippen molar-refractivity contribution in [3.63, 3.8) is 0 Å². The highest BCUT2D eigenvalue weighted by Crippen LogP contribution is 2.24. The van der Waals surface area contributed by atoms with E-state index >= 15 is 0 Å². The van der Waals surface area contributed by atoms with E-state index in [1.54, 1.807) is 25.1 Å². The fourth-order valence-corrected chi connectivity index (χ4v) is 3.06. The predicted octanol–water partition coefficient (Wildman–Crippen LogP) is 2.69. The van der Waals surface area contributed by atoms with E-state index in [-0.39, 0.29) is 24.3 Å². The molecule has 0 bridgehead atoms. The van der Waals surface area contributed by atoms with Crippen LogP contribution >= 0.6 is 11.6 Å². The van der Waals surface area contributed by atoms with E-state index in [1.165, 1.54) is 0 Å². The zero-order chi connectivity index (χ0) is 16.8. The molecule has 1 aromatic rings. The van der Waals surface area contributed by atoms with Gasteiger partial charge < -0.3 is 15.2 Å². The standard InChI is InChI=1S/C17H22ClNO4/c1-11(13-3-2-4-14(18)9-13)16(20)19-10-15(17(21)22)12-5-7-23-8-6-12/h2-4,9,11-12,15H,5-8,10H2,1H3,(H,19,20)(H,21,22). The van der Waals surface area contributed by atoms with Gasteiger partial charge >= 0.3 is 5.97 Å². The molecule has 2 atom stereocenters. The Bertz CT molecular complexity index is 557. The molecule has 1 saturated heterocycles. The number of carbonyl (C=O) groups is 2. The third kappa shape index (κ3) is 4.94. The van der Waals surface area contributed by atoms with Gasteiger partial charge in [0, 0.05) is 24.8 Å². The van der Waals surface area contributed by atoms with Crippen LogP contribution in [-0.2, 0) is 14.3 Å². The van der Waals surface area contributed by atoms with E-state index in [2.05, 4.69) is 5.32 Å². The Labute approximate surface area is 141 Å². The largest absolute Gasteiger partial charge is 0.481 e. The van der Waals surface area contributed by atoms with Crippen molar-refractivity contribution < 1.29 is 19.4 Å². The molecule has 0 spiro atoms. The summed E-state index contributed by atoms with van der Waals surface area (Å²) < 4.78 is 5.27. The van der Waals surface area contributed by atoms with Gasteiger partial charge in [-0.25, -0.2) is 0 Å². The Morgan fingerprint density at radius 3 is 2.70 bits per heavy atom. The molecule has 1 aliphatic rings. The van der Waals surface area contributed by atoms with Crippen molar-refractivity contribution >= 4 is 23.5 Å². The molecule has 0 radical (unpaired) electrons. The van der Waals surface area contributed by atoms with Crippen LogP contribution in [0.15, 0.2) is 24.3 Å². The predicted molar refractivity (Wildman–Crippen MR) is 87.5 cm³/mol. The normalized spacial score (nSPS) is 18.2. The monoisotopic (exact) mass is 339 g/mol. The maximum absolute atomic E-state index is 12.3. The Morgan fingerprint density at radius 1 is 1.39 bits per heavy atom. The number of halogens is 1. The molecule has 23 heavy (non-hydrogen) atoms. The van der Waals surface area contributed by atoms with E-state index in [4.69, 9.17) is 16.3 Å². The van der Waals surface area contributed by atoms with Crippen LogP contribution in [0.5, 0.6) is 0 Å². The first-order valence-electron chi connectivity index (χ1n) is 7.82. The fourth-order valence-electron chi connectivity index (χ4n) is 2.86. The van der Waals surface area contributed by atoms with Crippen LogP contribution < -0.4 is 5.32 Å². The molecule has 1 fully saturated rings. The Morgan fingerprint density at radius 2 is 2.09 bits per heavy atom. The number of aliphatic carboxylic acids is 1. The second-order valence-corrected chi connectivity index (χ2v) is 6.35. The summed E-state index contributed by atoms with van der Waals surface area (Å²) in [6.45, 7) is 3.09. The fraction of sp³-hybridized carbons (Fsp3) is 0.529. The van der Waals surface area contributed by atoms with Crippen LogP contribution in [0.4, 0.5) is 0 Å². The first kappa shape index (κ1) is 17.8. The molecule has 0 aromatic heterocycles. The highest BCUT2D eigenvalue weighted by atomic mass is 35.5. The molecule has 0 saturated carbocycles. The molecule has 2 unspecified atom stereocenters. The maximum Gasteiger partial charge on any atom is 0.308 e. The minimum absolute atomic E-state index is 0.0445. The van der Waals surface area contributed by atoms with Crippen molar-refractivity contribution in [3.05, 3.63) is 34.9 Å². The van der Waals surface area contributed by atoms with Gasteiger partial charge in [-0.1, -0.05) is 23.7 Å². The number of benzene rings is 1. The van der Waals surface area contributed by atoms with E-state index in [0.717, 1.165) is 18.4 Å². The minimum atomic E-state index is -0.868. The van der Waals surface area contributed by atoms with Gasteiger partial charge in [-0.15, -0.1) is 0 Å². The van der Waals surface area contributed by atoms with Crippen molar-refractivity contribution in [3.8, 4) is 0 Å². The molecule has 6 heteroatoms. The van der Waals surface area contributed by atoms with Crippen molar-refractivity contribution in [2.75, 3.05) is 19.8 Å². The Kier molecular flexibility index (Phi) is 6.42. The number of carboxylic acids is 1. The van der Waals surface area contributed by atoms with E-state index in [0.29, 0.717) is 18.2 Å². The van der Waals surface area contributed by atoms with Crippen LogP contribution in [0.3, 0.4) is 0 Å². The van der Waals surface area contributed by atoms with Gasteiger partial charge in [0.2, 0.25) is 5.91 Å². The SMILES string of the molecule is CC(C(=O)NCC(C(=O)O)C1CCOCC1)c1cccc(Cl)c1. The van der Waals surface area contributed by atoms with Gasteiger partial charge in [-0.05, 0) is 43.4 Å². The van der Waals surface area contributed by atoms with Gasteiger partial charge in [-0.2, -0.15) is 0 Å². The minimum Gasteiger partial charge on any atom is -0.481 e. The highest BCUT2D eigenvalue weighted by Gasteiger charge is 2.30. The van der Waals surface area contributed by atoms with Crippen LogP contribution in [0.1, 0.15) is 31.2 Å². The van der Waals surface area contributed by atoms with Crippen molar-refractivity contribution in [2.45, 2.75) is 25.7 Å². The van der Waals surface area contributed by atoms with Crippen LogP contribution in [0.25, 0.3) is 0 Å². The highest BCUT2D eigenvalue weighted by molar-refractivity contribution is 6.30. The second kappa shape index (κ2) is 8.31. The van der Waals surface area contributed by atoms with Gasteiger partial charge in [0.1, 0.15) is 0 Å². The first-order chi connectivity index (χ1) is 11.0. The quantitative estimate of drug-likeness (QED) is 0.835. The van der Waals surface area contributed by atoms with E-state index < -0.39 is 11.9 Å². The molecule has 1 heterocycles. The molecule has 1 aromatic carbocycles. The summed E-state index contributed by atoms with van der Waals surface area (Å²) in [6, 6.07) is 7.13. The summed E-state index contributed by atoms with van der Waals surface area (Å²) in [4.78, 5) is 23.8. The molecule has 2 N–H and O–H groups in total. The van der Waals surface area contributed by atoms with Gasteiger partial charge in [0.15, 0.2) is 0 Å². The molecule has 126 valence electrons. The molecular formula is C17H22ClNO4. The number of nitrogens with one attached hydrogen (secondary N) is 1.